The second kappa shape index (κ2) is 7.50. The van der Waals surface area contributed by atoms with E-state index in [0.717, 1.165) is 0 Å². The lowest BCUT2D eigenvalue weighted by atomic mass is 10.0. The quantitative estimate of drug-likeness (QED) is 0.627. The summed E-state index contributed by atoms with van der Waals surface area (Å²) in [6, 6.07) is -0.272. The predicted molar refractivity (Wildman–Crippen MR) is 57.4 cm³/mol. The summed E-state index contributed by atoms with van der Waals surface area (Å²) in [5, 5.41) is 13.4. The Hall–Kier alpha value is -0.820. The zero-order chi connectivity index (χ0) is 13.5. The van der Waals surface area contributed by atoms with Crippen molar-refractivity contribution in [3.05, 3.63) is 0 Å². The minimum atomic E-state index is -4.40. The molecule has 0 aliphatic carbocycles. The predicted octanol–water partition coefficient (Wildman–Crippen LogP) is 0.661. The zero-order valence-electron chi connectivity index (χ0n) is 9.97. The SMILES string of the molecule is CC(C)CC(CO)NCC(=O)NCC(F)(F)F. The van der Waals surface area contributed by atoms with Crippen molar-refractivity contribution in [1.82, 2.24) is 10.6 Å². The molecule has 1 atom stereocenters. The van der Waals surface area contributed by atoms with Gasteiger partial charge in [0.1, 0.15) is 6.54 Å². The fraction of sp³-hybridized carbons (Fsp3) is 0.900. The molecule has 0 aromatic heterocycles. The van der Waals surface area contributed by atoms with Crippen molar-refractivity contribution in [2.24, 2.45) is 5.92 Å². The standard InChI is InChI=1S/C10H19F3N2O2/c1-7(2)3-8(5-16)14-4-9(17)15-6-10(11,12)13/h7-8,14,16H,3-6H2,1-2H3,(H,15,17). The van der Waals surface area contributed by atoms with E-state index in [2.05, 4.69) is 5.32 Å². The number of amides is 1. The van der Waals surface area contributed by atoms with Crippen LogP contribution in [0.15, 0.2) is 0 Å². The van der Waals surface area contributed by atoms with Gasteiger partial charge in [0.05, 0.1) is 13.2 Å². The highest BCUT2D eigenvalue weighted by Crippen LogP contribution is 2.11. The first-order valence-corrected chi connectivity index (χ1v) is 5.42. The van der Waals surface area contributed by atoms with Gasteiger partial charge in [0.25, 0.3) is 0 Å². The number of carbonyl (C=O) groups is 1. The molecule has 0 bridgehead atoms. The summed E-state index contributed by atoms with van der Waals surface area (Å²) in [5.41, 5.74) is 0. The maximum absolute atomic E-state index is 11.8. The highest BCUT2D eigenvalue weighted by molar-refractivity contribution is 5.78. The summed E-state index contributed by atoms with van der Waals surface area (Å²) in [6.45, 7) is 2.20. The molecular weight excluding hydrogens is 237 g/mol. The van der Waals surface area contributed by atoms with Gasteiger partial charge in [0.15, 0.2) is 0 Å². The summed E-state index contributed by atoms with van der Waals surface area (Å²) in [4.78, 5) is 11.0. The third-order valence-corrected chi connectivity index (χ3v) is 2.01. The van der Waals surface area contributed by atoms with Crippen molar-refractivity contribution in [3.63, 3.8) is 0 Å². The van der Waals surface area contributed by atoms with Crippen LogP contribution in [0.1, 0.15) is 20.3 Å². The molecule has 0 heterocycles. The van der Waals surface area contributed by atoms with E-state index in [1.165, 1.54) is 0 Å². The van der Waals surface area contributed by atoms with Gasteiger partial charge in [-0.05, 0) is 12.3 Å². The molecule has 0 aromatic carbocycles. The van der Waals surface area contributed by atoms with Crippen LogP contribution in [0.2, 0.25) is 0 Å². The summed E-state index contributed by atoms with van der Waals surface area (Å²) < 4.78 is 35.3. The number of rotatable bonds is 7. The average molecular weight is 256 g/mol. The second-order valence-corrected chi connectivity index (χ2v) is 4.28. The Bertz CT molecular complexity index is 232. The fourth-order valence-corrected chi connectivity index (χ4v) is 1.29. The third kappa shape index (κ3) is 10.1. The topological polar surface area (TPSA) is 61.4 Å². The molecule has 0 aliphatic rings. The van der Waals surface area contributed by atoms with Crippen LogP contribution in [0.5, 0.6) is 0 Å². The number of aliphatic hydroxyl groups excluding tert-OH is 1. The van der Waals surface area contributed by atoms with Gasteiger partial charge in [0, 0.05) is 6.04 Å². The molecule has 4 nitrogen and oxygen atoms in total. The van der Waals surface area contributed by atoms with E-state index in [9.17, 15) is 18.0 Å². The maximum Gasteiger partial charge on any atom is 0.405 e. The lowest BCUT2D eigenvalue weighted by Gasteiger charge is -2.18. The van der Waals surface area contributed by atoms with E-state index in [1.54, 1.807) is 5.32 Å². The number of carbonyl (C=O) groups excluding carboxylic acids is 1. The molecule has 0 radical (unpaired) electrons. The van der Waals surface area contributed by atoms with Gasteiger partial charge in [0.2, 0.25) is 5.91 Å². The number of halogens is 3. The molecule has 102 valence electrons. The van der Waals surface area contributed by atoms with Gasteiger partial charge < -0.3 is 15.7 Å². The minimum absolute atomic E-state index is 0.148. The van der Waals surface area contributed by atoms with Crippen LogP contribution in [0.25, 0.3) is 0 Å². The number of aliphatic hydroxyl groups is 1. The van der Waals surface area contributed by atoms with Gasteiger partial charge in [-0.3, -0.25) is 4.79 Å². The van der Waals surface area contributed by atoms with E-state index in [4.69, 9.17) is 5.11 Å². The van der Waals surface area contributed by atoms with Crippen LogP contribution in [-0.4, -0.2) is 42.9 Å². The van der Waals surface area contributed by atoms with Crippen molar-refractivity contribution in [1.29, 1.82) is 0 Å². The van der Waals surface area contributed by atoms with Gasteiger partial charge >= 0.3 is 6.18 Å². The lowest BCUT2D eigenvalue weighted by molar-refractivity contribution is -0.138. The molecule has 0 aliphatic heterocycles. The van der Waals surface area contributed by atoms with Crippen LogP contribution in [-0.2, 0) is 4.79 Å². The number of hydrogen-bond donors (Lipinski definition) is 3. The van der Waals surface area contributed by atoms with Crippen molar-refractivity contribution in [2.75, 3.05) is 19.7 Å². The molecular formula is C10H19F3N2O2. The summed E-state index contributed by atoms with van der Waals surface area (Å²) in [5.74, 6) is -0.401. The largest absolute Gasteiger partial charge is 0.405 e. The minimum Gasteiger partial charge on any atom is -0.395 e. The normalized spacial score (nSPS) is 13.8. The first-order chi connectivity index (χ1) is 7.74. The molecule has 0 spiro atoms. The summed E-state index contributed by atoms with van der Waals surface area (Å²) in [7, 11) is 0. The Labute approximate surface area is 98.6 Å². The molecule has 0 saturated carbocycles. The van der Waals surface area contributed by atoms with Gasteiger partial charge in [-0.1, -0.05) is 13.8 Å². The summed E-state index contributed by atoms with van der Waals surface area (Å²) in [6.07, 6.45) is -3.74. The van der Waals surface area contributed by atoms with E-state index >= 15 is 0 Å². The second-order valence-electron chi connectivity index (χ2n) is 4.28. The van der Waals surface area contributed by atoms with E-state index in [-0.39, 0.29) is 19.2 Å². The van der Waals surface area contributed by atoms with E-state index < -0.39 is 18.6 Å². The van der Waals surface area contributed by atoms with Crippen LogP contribution < -0.4 is 10.6 Å². The number of alkyl halides is 3. The van der Waals surface area contributed by atoms with Crippen LogP contribution >= 0.6 is 0 Å². The lowest BCUT2D eigenvalue weighted by Crippen LogP contribution is -2.43. The van der Waals surface area contributed by atoms with Crippen molar-refractivity contribution in [3.8, 4) is 0 Å². The molecule has 0 saturated heterocycles. The van der Waals surface area contributed by atoms with Crippen molar-refractivity contribution in [2.45, 2.75) is 32.5 Å². The van der Waals surface area contributed by atoms with Gasteiger partial charge in [-0.2, -0.15) is 13.2 Å². The molecule has 1 unspecified atom stereocenters. The molecule has 0 aromatic rings. The monoisotopic (exact) mass is 256 g/mol. The first-order valence-electron chi connectivity index (χ1n) is 5.42. The highest BCUT2D eigenvalue weighted by atomic mass is 19.4. The molecule has 0 rings (SSSR count). The maximum atomic E-state index is 11.8. The Morgan fingerprint density at radius 1 is 1.35 bits per heavy atom. The Kier molecular flexibility index (Phi) is 7.13. The Morgan fingerprint density at radius 2 is 1.94 bits per heavy atom. The van der Waals surface area contributed by atoms with Crippen LogP contribution in [0.3, 0.4) is 0 Å². The van der Waals surface area contributed by atoms with Crippen molar-refractivity contribution < 1.29 is 23.1 Å². The molecule has 3 N–H and O–H groups in total. The first kappa shape index (κ1) is 16.2. The Morgan fingerprint density at radius 3 is 2.35 bits per heavy atom. The van der Waals surface area contributed by atoms with E-state index in [1.807, 2.05) is 13.8 Å². The number of hydrogen-bond acceptors (Lipinski definition) is 3. The average Bonchev–Trinajstić information content (AvgIpc) is 2.19. The van der Waals surface area contributed by atoms with Gasteiger partial charge in [-0.25, -0.2) is 0 Å². The Balaban J connectivity index is 3.81. The van der Waals surface area contributed by atoms with Crippen LogP contribution in [0, 0.1) is 5.92 Å². The molecule has 0 fully saturated rings. The molecule has 1 amide bonds. The van der Waals surface area contributed by atoms with Crippen LogP contribution in [0.4, 0.5) is 13.2 Å². The third-order valence-electron chi connectivity index (χ3n) is 2.01. The zero-order valence-corrected chi connectivity index (χ0v) is 9.97. The van der Waals surface area contributed by atoms with Crippen molar-refractivity contribution >= 4 is 5.91 Å². The smallest absolute Gasteiger partial charge is 0.395 e. The van der Waals surface area contributed by atoms with E-state index in [0.29, 0.717) is 12.3 Å². The molecule has 17 heavy (non-hydrogen) atoms. The summed E-state index contributed by atoms with van der Waals surface area (Å²) >= 11 is 0. The molecule has 7 heteroatoms. The fourth-order valence-electron chi connectivity index (χ4n) is 1.29. The number of nitrogens with one attached hydrogen (secondary N) is 2. The highest BCUT2D eigenvalue weighted by Gasteiger charge is 2.27. The van der Waals surface area contributed by atoms with Gasteiger partial charge in [-0.15, -0.1) is 0 Å².